The molecule has 2 heterocycles. The fourth-order valence-electron chi connectivity index (χ4n) is 4.65. The Morgan fingerprint density at radius 1 is 1.11 bits per heavy atom. The molecule has 36 heavy (non-hydrogen) atoms. The number of halogens is 3. The summed E-state index contributed by atoms with van der Waals surface area (Å²) in [5.41, 5.74) is -0.353. The molecule has 2 aliphatic heterocycles. The molecule has 3 unspecified atom stereocenters. The minimum atomic E-state index is -1.23. The first-order valence-corrected chi connectivity index (χ1v) is 13.4. The first-order valence-electron chi connectivity index (χ1n) is 11.5. The quantitative estimate of drug-likeness (QED) is 0.393. The molecule has 11 heteroatoms. The van der Waals surface area contributed by atoms with E-state index in [-0.39, 0.29) is 24.4 Å². The zero-order chi connectivity index (χ0) is 26.2. The smallest absolute Gasteiger partial charge is 0.251 e. The van der Waals surface area contributed by atoms with Crippen LogP contribution in [-0.2, 0) is 20.8 Å². The van der Waals surface area contributed by atoms with Gasteiger partial charge in [-0.15, -0.1) is 0 Å². The Bertz CT molecular complexity index is 1170. The summed E-state index contributed by atoms with van der Waals surface area (Å²) >= 11 is 20.0. The van der Waals surface area contributed by atoms with Crippen LogP contribution >= 0.6 is 46.8 Å². The van der Waals surface area contributed by atoms with Gasteiger partial charge in [-0.05, 0) is 68.6 Å². The Labute approximate surface area is 230 Å². The molecule has 2 saturated heterocycles. The molecular weight excluding hydrogens is 543 g/mol. The van der Waals surface area contributed by atoms with Crippen molar-refractivity contribution in [1.29, 1.82) is 0 Å². The molecule has 2 aromatic rings. The van der Waals surface area contributed by atoms with Gasteiger partial charge in [0.2, 0.25) is 12.3 Å². The number of hydrogen-bond donors (Lipinski definition) is 1. The third-order valence-corrected chi connectivity index (χ3v) is 8.62. The second kappa shape index (κ2) is 10.8. The second-order valence-corrected chi connectivity index (χ2v) is 11.8. The Hall–Kier alpha value is -1.97. The van der Waals surface area contributed by atoms with Crippen molar-refractivity contribution in [2.24, 2.45) is 0 Å². The number of carbonyl (C=O) groups is 3. The van der Waals surface area contributed by atoms with Gasteiger partial charge in [0.1, 0.15) is 17.7 Å². The molecule has 4 rings (SSSR count). The first-order chi connectivity index (χ1) is 17.0. The van der Waals surface area contributed by atoms with Gasteiger partial charge in [-0.3, -0.25) is 14.4 Å². The van der Waals surface area contributed by atoms with Crippen LogP contribution in [0, 0.1) is 0 Å². The van der Waals surface area contributed by atoms with Crippen LogP contribution in [0.1, 0.15) is 26.3 Å². The van der Waals surface area contributed by atoms with Gasteiger partial charge < -0.3 is 15.1 Å². The number of amides is 3. The van der Waals surface area contributed by atoms with E-state index < -0.39 is 17.7 Å². The number of carbonyl (C=O) groups excluding carboxylic acids is 3. The van der Waals surface area contributed by atoms with Gasteiger partial charge in [0.05, 0.1) is 11.6 Å². The molecule has 0 spiro atoms. The van der Waals surface area contributed by atoms with Gasteiger partial charge in [-0.1, -0.05) is 46.9 Å². The molecule has 0 aliphatic carbocycles. The summed E-state index contributed by atoms with van der Waals surface area (Å²) in [5, 5.41) is 4.29. The SMILES string of the molecule is CC(C)N1CC2N(Sc3ccc(Cl)cc3Cl)CC(C)(NC=O)C(=O)N2C(Cc2ccc(Cl)cc2)C1=O. The molecule has 2 aromatic carbocycles. The van der Waals surface area contributed by atoms with E-state index in [9.17, 15) is 14.4 Å². The largest absolute Gasteiger partial charge is 0.343 e. The molecule has 0 aromatic heterocycles. The minimum Gasteiger partial charge on any atom is -0.343 e. The lowest BCUT2D eigenvalue weighted by Gasteiger charge is -2.56. The molecule has 7 nitrogen and oxygen atoms in total. The summed E-state index contributed by atoms with van der Waals surface area (Å²) in [4.78, 5) is 43.3. The summed E-state index contributed by atoms with van der Waals surface area (Å²) in [5.74, 6) is -0.427. The second-order valence-electron chi connectivity index (χ2n) is 9.46. The van der Waals surface area contributed by atoms with Crippen LogP contribution < -0.4 is 5.32 Å². The van der Waals surface area contributed by atoms with Crippen LogP contribution in [0.15, 0.2) is 47.4 Å². The molecule has 0 bridgehead atoms. The summed E-state index contributed by atoms with van der Waals surface area (Å²) in [6.07, 6.45) is 0.406. The highest BCUT2D eigenvalue weighted by Crippen LogP contribution is 2.40. The number of nitrogens with zero attached hydrogens (tertiary/aromatic N) is 3. The number of rotatable bonds is 7. The van der Waals surface area contributed by atoms with Crippen molar-refractivity contribution in [2.45, 2.75) is 55.9 Å². The Kier molecular flexibility index (Phi) is 8.12. The van der Waals surface area contributed by atoms with Crippen molar-refractivity contribution >= 4 is 65.0 Å². The summed E-state index contributed by atoms with van der Waals surface area (Å²) in [7, 11) is 0. The van der Waals surface area contributed by atoms with E-state index in [1.165, 1.54) is 11.9 Å². The van der Waals surface area contributed by atoms with Crippen LogP contribution in [0.2, 0.25) is 15.1 Å². The van der Waals surface area contributed by atoms with E-state index in [1.54, 1.807) is 36.1 Å². The van der Waals surface area contributed by atoms with E-state index in [2.05, 4.69) is 5.32 Å². The number of benzene rings is 2. The highest BCUT2D eigenvalue weighted by Gasteiger charge is 2.55. The van der Waals surface area contributed by atoms with Crippen molar-refractivity contribution in [3.63, 3.8) is 0 Å². The zero-order valence-corrected chi connectivity index (χ0v) is 23.2. The highest BCUT2D eigenvalue weighted by atomic mass is 35.5. The van der Waals surface area contributed by atoms with Crippen molar-refractivity contribution in [3.8, 4) is 0 Å². The number of nitrogens with one attached hydrogen (secondary N) is 1. The fraction of sp³-hybridized carbons (Fsp3) is 0.400. The van der Waals surface area contributed by atoms with Gasteiger partial charge in [-0.25, -0.2) is 4.31 Å². The van der Waals surface area contributed by atoms with Gasteiger partial charge in [0, 0.05) is 33.9 Å². The molecule has 3 amide bonds. The molecule has 2 aliphatic rings. The predicted molar refractivity (Wildman–Crippen MR) is 143 cm³/mol. The number of fused-ring (bicyclic) bond motifs is 1. The van der Waals surface area contributed by atoms with Crippen LogP contribution in [0.5, 0.6) is 0 Å². The molecule has 3 atom stereocenters. The highest BCUT2D eigenvalue weighted by molar-refractivity contribution is 7.97. The van der Waals surface area contributed by atoms with Crippen LogP contribution in [0.4, 0.5) is 0 Å². The molecule has 0 saturated carbocycles. The van der Waals surface area contributed by atoms with Crippen molar-refractivity contribution in [1.82, 2.24) is 19.4 Å². The number of hydrogen-bond acceptors (Lipinski definition) is 5. The van der Waals surface area contributed by atoms with E-state index in [0.29, 0.717) is 34.4 Å². The van der Waals surface area contributed by atoms with Gasteiger partial charge in [-0.2, -0.15) is 0 Å². The molecule has 2 fully saturated rings. The Balaban J connectivity index is 1.77. The maximum Gasteiger partial charge on any atom is 0.251 e. The summed E-state index contributed by atoms with van der Waals surface area (Å²) in [6.45, 7) is 6.15. The predicted octanol–water partition coefficient (Wildman–Crippen LogP) is 4.49. The van der Waals surface area contributed by atoms with Crippen LogP contribution in [-0.4, -0.2) is 69.2 Å². The lowest BCUT2D eigenvalue weighted by atomic mass is 9.91. The third kappa shape index (κ3) is 5.34. The van der Waals surface area contributed by atoms with Crippen LogP contribution in [0.25, 0.3) is 0 Å². The summed E-state index contributed by atoms with van der Waals surface area (Å²) < 4.78 is 2.02. The zero-order valence-electron chi connectivity index (χ0n) is 20.1. The topological polar surface area (TPSA) is 73.0 Å². The fourth-order valence-corrected chi connectivity index (χ4v) is 6.43. The molecule has 192 valence electrons. The lowest BCUT2D eigenvalue weighted by molar-refractivity contribution is -0.172. The normalized spacial score (nSPS) is 24.8. The van der Waals surface area contributed by atoms with Gasteiger partial charge >= 0.3 is 0 Å². The Morgan fingerprint density at radius 2 is 1.78 bits per heavy atom. The van der Waals surface area contributed by atoms with Crippen molar-refractivity contribution in [2.75, 3.05) is 13.1 Å². The maximum absolute atomic E-state index is 13.9. The average Bonchev–Trinajstić information content (AvgIpc) is 2.81. The van der Waals surface area contributed by atoms with E-state index in [4.69, 9.17) is 34.8 Å². The minimum absolute atomic E-state index is 0.0603. The van der Waals surface area contributed by atoms with Gasteiger partial charge in [0.25, 0.3) is 5.91 Å². The molecule has 1 N–H and O–H groups in total. The van der Waals surface area contributed by atoms with E-state index in [1.807, 2.05) is 41.3 Å². The van der Waals surface area contributed by atoms with Crippen molar-refractivity contribution < 1.29 is 14.4 Å². The average molecular weight is 570 g/mol. The number of piperazine rings is 1. The van der Waals surface area contributed by atoms with Gasteiger partial charge in [0.15, 0.2) is 0 Å². The molecular formula is C25H27Cl3N4O3S. The summed E-state index contributed by atoms with van der Waals surface area (Å²) in [6, 6.07) is 11.7. The monoisotopic (exact) mass is 568 g/mol. The maximum atomic E-state index is 13.9. The third-order valence-electron chi connectivity index (χ3n) is 6.55. The lowest BCUT2D eigenvalue weighted by Crippen LogP contribution is -2.77. The van der Waals surface area contributed by atoms with Crippen LogP contribution in [0.3, 0.4) is 0 Å². The van der Waals surface area contributed by atoms with Crippen molar-refractivity contribution in [3.05, 3.63) is 63.1 Å². The van der Waals surface area contributed by atoms with E-state index >= 15 is 0 Å². The van der Waals surface area contributed by atoms with E-state index in [0.717, 1.165) is 10.5 Å². The standard InChI is InChI=1S/C25H27Cl3N4O3S/c1-15(2)30-12-22-31(36-21-9-8-18(27)11-19(21)28)13-25(3,29-14-33)24(35)32(22)20(23(30)34)10-16-4-6-17(26)7-5-16/h4-9,11,14-15,20,22H,10,12-13H2,1-3H3,(H,29,33). The first kappa shape index (κ1) is 27.1. The molecule has 0 radical (unpaired) electrons. The Morgan fingerprint density at radius 3 is 2.39 bits per heavy atom.